The molecule has 0 aliphatic heterocycles. The number of hydrogen-bond acceptors (Lipinski definition) is 3. The van der Waals surface area contributed by atoms with Crippen molar-refractivity contribution in [3.63, 3.8) is 0 Å². The fraction of sp³-hybridized carbons (Fsp3) is 0.167. The van der Waals surface area contributed by atoms with Crippen LogP contribution in [-0.2, 0) is 4.79 Å². The van der Waals surface area contributed by atoms with Crippen molar-refractivity contribution in [3.05, 3.63) is 65.9 Å². The molecule has 3 aromatic rings. The lowest BCUT2D eigenvalue weighted by Gasteiger charge is -2.20. The van der Waals surface area contributed by atoms with Crippen LogP contribution < -0.4 is 9.84 Å². The zero-order valence-corrected chi connectivity index (χ0v) is 12.2. The number of methoxy groups -OCH3 is 1. The van der Waals surface area contributed by atoms with Crippen molar-refractivity contribution in [1.82, 2.24) is 4.98 Å². The first kappa shape index (κ1) is 14.2. The van der Waals surface area contributed by atoms with E-state index in [9.17, 15) is 9.90 Å². The van der Waals surface area contributed by atoms with E-state index >= 15 is 0 Å². The molecular weight excluding hydrogens is 278 g/mol. The Morgan fingerprint density at radius 1 is 1.14 bits per heavy atom. The number of rotatable bonds is 5. The minimum Gasteiger partial charge on any atom is -0.550 e. The van der Waals surface area contributed by atoms with E-state index in [4.69, 9.17) is 4.74 Å². The Balaban J connectivity index is 2.16. The molecule has 22 heavy (non-hydrogen) atoms. The van der Waals surface area contributed by atoms with Gasteiger partial charge in [0, 0.05) is 34.6 Å². The number of hydrogen-bond donors (Lipinski definition) is 1. The molecule has 0 amide bonds. The van der Waals surface area contributed by atoms with Crippen LogP contribution in [0.5, 0.6) is 5.75 Å². The van der Waals surface area contributed by atoms with Gasteiger partial charge in [0.1, 0.15) is 5.75 Å². The van der Waals surface area contributed by atoms with Gasteiger partial charge in [0.15, 0.2) is 0 Å². The first-order chi connectivity index (χ1) is 10.7. The van der Waals surface area contributed by atoms with Crippen LogP contribution in [0.25, 0.3) is 10.9 Å². The van der Waals surface area contributed by atoms with Crippen LogP contribution in [-0.4, -0.2) is 18.1 Å². The summed E-state index contributed by atoms with van der Waals surface area (Å²) in [5.41, 5.74) is 2.76. The fourth-order valence-corrected chi connectivity index (χ4v) is 2.89. The van der Waals surface area contributed by atoms with Gasteiger partial charge in [-0.25, -0.2) is 0 Å². The lowest BCUT2D eigenvalue weighted by molar-refractivity contribution is -0.305. The standard InChI is InChI=1S/C18H17NO3/c1-22-17-9-5-3-7-13(17)14(10-18(20)21)15-11-19-16-8-4-2-6-12(15)16/h2-9,11,14,19H,10H2,1H3,(H,20,21)/p-1/t14-/m1/s1. The van der Waals surface area contributed by atoms with Gasteiger partial charge < -0.3 is 19.6 Å². The second-order valence-corrected chi connectivity index (χ2v) is 5.16. The number of para-hydroxylation sites is 2. The molecule has 0 saturated carbocycles. The molecule has 0 radical (unpaired) electrons. The van der Waals surface area contributed by atoms with Crippen LogP contribution in [0.3, 0.4) is 0 Å². The van der Waals surface area contributed by atoms with Crippen molar-refractivity contribution in [3.8, 4) is 5.75 Å². The molecule has 0 bridgehead atoms. The van der Waals surface area contributed by atoms with Crippen LogP contribution in [0, 0.1) is 0 Å². The average molecular weight is 294 g/mol. The summed E-state index contributed by atoms with van der Waals surface area (Å²) >= 11 is 0. The highest BCUT2D eigenvalue weighted by atomic mass is 16.5. The van der Waals surface area contributed by atoms with Crippen molar-refractivity contribution in [2.45, 2.75) is 12.3 Å². The minimum atomic E-state index is -1.08. The largest absolute Gasteiger partial charge is 0.550 e. The third-order valence-electron chi connectivity index (χ3n) is 3.88. The number of carboxylic acid groups (broad SMARTS) is 1. The highest BCUT2D eigenvalue weighted by Gasteiger charge is 2.21. The van der Waals surface area contributed by atoms with Crippen molar-refractivity contribution < 1.29 is 14.6 Å². The number of nitrogens with one attached hydrogen (secondary N) is 1. The summed E-state index contributed by atoms with van der Waals surface area (Å²) < 4.78 is 5.39. The van der Waals surface area contributed by atoms with Crippen molar-refractivity contribution in [1.29, 1.82) is 0 Å². The van der Waals surface area contributed by atoms with E-state index in [0.717, 1.165) is 22.0 Å². The summed E-state index contributed by atoms with van der Waals surface area (Å²) in [6.07, 6.45) is 1.77. The van der Waals surface area contributed by atoms with Gasteiger partial charge in [-0.05, 0) is 24.1 Å². The zero-order chi connectivity index (χ0) is 15.5. The molecule has 0 unspecified atom stereocenters. The Labute approximate surface area is 128 Å². The van der Waals surface area contributed by atoms with Crippen molar-refractivity contribution in [2.24, 2.45) is 0 Å². The van der Waals surface area contributed by atoms with Crippen molar-refractivity contribution in [2.75, 3.05) is 7.11 Å². The molecule has 4 nitrogen and oxygen atoms in total. The molecule has 0 aliphatic rings. The highest BCUT2D eigenvalue weighted by molar-refractivity contribution is 5.85. The monoisotopic (exact) mass is 294 g/mol. The Morgan fingerprint density at radius 2 is 1.86 bits per heavy atom. The third-order valence-corrected chi connectivity index (χ3v) is 3.88. The zero-order valence-electron chi connectivity index (χ0n) is 12.2. The SMILES string of the molecule is COc1ccccc1[C@@H](CC(=O)[O-])c1c[nH]c2ccccc12. The summed E-state index contributed by atoms with van der Waals surface area (Å²) in [5.74, 6) is -0.725. The quantitative estimate of drug-likeness (QED) is 0.786. The van der Waals surface area contributed by atoms with E-state index in [0.29, 0.717) is 5.75 Å². The lowest BCUT2D eigenvalue weighted by Crippen LogP contribution is -2.25. The van der Waals surface area contributed by atoms with E-state index in [1.807, 2.05) is 54.7 Å². The number of aliphatic carboxylic acids is 1. The van der Waals surface area contributed by atoms with Crippen molar-refractivity contribution >= 4 is 16.9 Å². The summed E-state index contributed by atoms with van der Waals surface area (Å²) in [4.78, 5) is 14.4. The molecule has 0 saturated heterocycles. The first-order valence-corrected chi connectivity index (χ1v) is 7.09. The minimum absolute atomic E-state index is 0.0950. The Kier molecular flexibility index (Phi) is 3.83. The molecule has 0 fully saturated rings. The maximum atomic E-state index is 11.3. The number of fused-ring (bicyclic) bond motifs is 1. The maximum Gasteiger partial charge on any atom is 0.122 e. The number of aromatic amines is 1. The fourth-order valence-electron chi connectivity index (χ4n) is 2.89. The maximum absolute atomic E-state index is 11.3. The molecule has 3 rings (SSSR count). The highest BCUT2D eigenvalue weighted by Crippen LogP contribution is 2.37. The summed E-state index contributed by atoms with van der Waals surface area (Å²) in [5, 5.41) is 12.3. The van der Waals surface area contributed by atoms with Crippen LogP contribution in [0.1, 0.15) is 23.5 Å². The summed E-state index contributed by atoms with van der Waals surface area (Å²) in [6.45, 7) is 0. The molecule has 1 atom stereocenters. The molecule has 1 aromatic heterocycles. The van der Waals surface area contributed by atoms with Crippen LogP contribution >= 0.6 is 0 Å². The van der Waals surface area contributed by atoms with E-state index in [-0.39, 0.29) is 12.3 Å². The normalized spacial score (nSPS) is 12.2. The number of carbonyl (C=O) groups is 1. The average Bonchev–Trinajstić information content (AvgIpc) is 2.96. The predicted octanol–water partition coefficient (Wildman–Crippen LogP) is 2.45. The molecule has 0 spiro atoms. The Hall–Kier alpha value is -2.75. The molecule has 4 heteroatoms. The van der Waals surface area contributed by atoms with Crippen LogP contribution in [0.4, 0.5) is 0 Å². The Morgan fingerprint density at radius 3 is 2.64 bits per heavy atom. The number of ether oxygens (including phenoxy) is 1. The number of carbonyl (C=O) groups excluding carboxylic acids is 1. The van der Waals surface area contributed by atoms with E-state index in [1.54, 1.807) is 7.11 Å². The van der Waals surface area contributed by atoms with Gasteiger partial charge >= 0.3 is 0 Å². The number of aromatic nitrogens is 1. The molecule has 1 N–H and O–H groups in total. The van der Waals surface area contributed by atoms with E-state index in [1.165, 1.54) is 0 Å². The molecule has 0 aliphatic carbocycles. The van der Waals surface area contributed by atoms with Gasteiger partial charge in [-0.2, -0.15) is 0 Å². The predicted molar refractivity (Wildman–Crippen MR) is 82.8 cm³/mol. The van der Waals surface area contributed by atoms with Crippen LogP contribution in [0.2, 0.25) is 0 Å². The number of carboxylic acids is 1. The topological polar surface area (TPSA) is 65.2 Å². The molecule has 112 valence electrons. The summed E-state index contributed by atoms with van der Waals surface area (Å²) in [7, 11) is 1.59. The summed E-state index contributed by atoms with van der Waals surface area (Å²) in [6, 6.07) is 15.3. The Bertz CT molecular complexity index is 807. The van der Waals surface area contributed by atoms with Gasteiger partial charge in [0.05, 0.1) is 7.11 Å². The second kappa shape index (κ2) is 5.93. The molecular formula is C18H16NO3-. The number of benzene rings is 2. The van der Waals surface area contributed by atoms with Gasteiger partial charge in [-0.3, -0.25) is 0 Å². The van der Waals surface area contributed by atoms with E-state index in [2.05, 4.69) is 4.98 Å². The van der Waals surface area contributed by atoms with Gasteiger partial charge in [0.2, 0.25) is 0 Å². The second-order valence-electron chi connectivity index (χ2n) is 5.16. The molecule has 2 aromatic carbocycles. The van der Waals surface area contributed by atoms with Gasteiger partial charge in [0.25, 0.3) is 0 Å². The van der Waals surface area contributed by atoms with Gasteiger partial charge in [-0.15, -0.1) is 0 Å². The molecule has 1 heterocycles. The van der Waals surface area contributed by atoms with Gasteiger partial charge in [-0.1, -0.05) is 36.4 Å². The van der Waals surface area contributed by atoms with E-state index < -0.39 is 5.97 Å². The smallest absolute Gasteiger partial charge is 0.122 e. The first-order valence-electron chi connectivity index (χ1n) is 7.09. The third kappa shape index (κ3) is 2.55. The van der Waals surface area contributed by atoms with Crippen LogP contribution in [0.15, 0.2) is 54.7 Å². The number of H-pyrrole nitrogens is 1. The lowest BCUT2D eigenvalue weighted by atomic mass is 9.87.